The van der Waals surface area contributed by atoms with E-state index in [2.05, 4.69) is 6.92 Å². The van der Waals surface area contributed by atoms with E-state index in [-0.39, 0.29) is 57.1 Å². The molecule has 0 aliphatic carbocycles. The molecule has 0 aliphatic rings. The minimum absolute atomic E-state index is 0. The number of rotatable bonds is 11. The molecule has 148 valence electrons. The van der Waals surface area contributed by atoms with Crippen molar-refractivity contribution in [2.45, 2.75) is 63.2 Å². The van der Waals surface area contributed by atoms with E-state index in [0.717, 1.165) is 24.5 Å². The molecule has 0 spiro atoms. The van der Waals surface area contributed by atoms with E-state index >= 15 is 0 Å². The molecule has 1 N–H and O–H groups in total. The van der Waals surface area contributed by atoms with Gasteiger partial charge in [-0.05, 0) is 36.6 Å². The van der Waals surface area contributed by atoms with Gasteiger partial charge in [-0.15, -0.1) is 0 Å². The monoisotopic (exact) mass is 430 g/mol. The van der Waals surface area contributed by atoms with Crippen LogP contribution in [0.3, 0.4) is 0 Å². The van der Waals surface area contributed by atoms with Crippen LogP contribution in [0.4, 0.5) is 0 Å². The van der Waals surface area contributed by atoms with Crippen LogP contribution in [0.25, 0.3) is 0 Å². The Morgan fingerprint density at radius 1 is 0.964 bits per heavy atom. The van der Waals surface area contributed by atoms with Crippen molar-refractivity contribution in [3.63, 3.8) is 0 Å². The molecule has 2 aromatic carbocycles. The van der Waals surface area contributed by atoms with Crippen molar-refractivity contribution in [2.75, 3.05) is 0 Å². The van der Waals surface area contributed by atoms with E-state index in [1.54, 1.807) is 12.1 Å². The third-order valence-electron chi connectivity index (χ3n) is 4.41. The van der Waals surface area contributed by atoms with E-state index in [1.165, 1.54) is 50.7 Å². The van der Waals surface area contributed by atoms with Crippen molar-refractivity contribution in [1.29, 1.82) is 0 Å². The molecular weight excluding hydrogens is 403 g/mol. The Labute approximate surface area is 210 Å². The van der Waals surface area contributed by atoms with Crippen molar-refractivity contribution in [3.05, 3.63) is 48.0 Å². The van der Waals surface area contributed by atoms with E-state index in [9.17, 15) is 18.1 Å². The van der Waals surface area contributed by atoms with Gasteiger partial charge in [0.05, 0.1) is 0 Å². The molecule has 0 atom stereocenters. The first-order valence-corrected chi connectivity index (χ1v) is 10.9. The fourth-order valence-electron chi connectivity index (χ4n) is 2.97. The van der Waals surface area contributed by atoms with Gasteiger partial charge in [0.15, 0.2) is 0 Å². The molecule has 7 heteroatoms. The summed E-state index contributed by atoms with van der Waals surface area (Å²) in [6.07, 6.45) is 9.49. The van der Waals surface area contributed by atoms with Crippen LogP contribution in [0.5, 0.6) is 17.2 Å². The zero-order valence-electron chi connectivity index (χ0n) is 16.7. The maximum absolute atomic E-state index is 12.0. The van der Waals surface area contributed by atoms with Gasteiger partial charge in [0.2, 0.25) is 0 Å². The van der Waals surface area contributed by atoms with Gasteiger partial charge in [-0.2, -0.15) is 8.42 Å². The smallest absolute Gasteiger partial charge is 0.870 e. The SMILES string of the molecule is CCCCCCCCCc1cccc(Oc2c([O-])cccc2S(=O)(=O)O)c1.[K+]. The molecule has 0 amide bonds. The summed E-state index contributed by atoms with van der Waals surface area (Å²) in [6, 6.07) is 10.9. The first-order chi connectivity index (χ1) is 12.9. The van der Waals surface area contributed by atoms with Gasteiger partial charge in [0.25, 0.3) is 10.1 Å². The number of para-hydroxylation sites is 1. The predicted octanol–water partition coefficient (Wildman–Crippen LogP) is 2.10. The van der Waals surface area contributed by atoms with Crippen molar-refractivity contribution in [2.24, 2.45) is 0 Å². The summed E-state index contributed by atoms with van der Waals surface area (Å²) in [5, 5.41) is 12.0. The second-order valence-corrected chi connectivity index (χ2v) is 8.07. The number of hydrogen-bond donors (Lipinski definition) is 1. The molecule has 28 heavy (non-hydrogen) atoms. The number of unbranched alkanes of at least 4 members (excludes halogenated alkanes) is 6. The Morgan fingerprint density at radius 3 is 2.29 bits per heavy atom. The molecule has 0 bridgehead atoms. The van der Waals surface area contributed by atoms with Crippen LogP contribution in [0, 0.1) is 0 Å². The molecule has 0 aliphatic heterocycles. The molecule has 0 unspecified atom stereocenters. The quantitative estimate of drug-likeness (QED) is 0.335. The molecule has 0 saturated heterocycles. The topological polar surface area (TPSA) is 86.7 Å². The average molecular weight is 431 g/mol. The third-order valence-corrected chi connectivity index (χ3v) is 5.29. The van der Waals surface area contributed by atoms with Crippen LogP contribution < -0.4 is 61.2 Å². The van der Waals surface area contributed by atoms with E-state index in [4.69, 9.17) is 4.74 Å². The van der Waals surface area contributed by atoms with Crippen LogP contribution in [-0.2, 0) is 16.5 Å². The number of aryl methyl sites for hydroxylation is 1. The number of benzene rings is 2. The maximum Gasteiger partial charge on any atom is 1.00 e. The summed E-state index contributed by atoms with van der Waals surface area (Å²) in [5.41, 5.74) is 1.07. The van der Waals surface area contributed by atoms with Gasteiger partial charge in [-0.3, -0.25) is 4.55 Å². The zero-order chi connectivity index (χ0) is 19.7. The molecule has 0 heterocycles. The van der Waals surface area contributed by atoms with E-state index < -0.39 is 20.8 Å². The Hall–Kier alpha value is -0.414. The fourth-order valence-corrected chi connectivity index (χ4v) is 3.60. The van der Waals surface area contributed by atoms with Crippen LogP contribution in [0.15, 0.2) is 47.4 Å². The minimum atomic E-state index is -4.54. The maximum atomic E-state index is 12.0. The molecule has 2 aromatic rings. The minimum Gasteiger partial charge on any atom is -0.870 e. The number of ether oxygens (including phenoxy) is 1. The average Bonchev–Trinajstić information content (AvgIpc) is 2.62. The Bertz CT molecular complexity index is 836. The second-order valence-electron chi connectivity index (χ2n) is 6.68. The Balaban J connectivity index is 0.00000392. The normalized spacial score (nSPS) is 11.1. The zero-order valence-corrected chi connectivity index (χ0v) is 20.6. The van der Waals surface area contributed by atoms with Crippen molar-refractivity contribution in [1.82, 2.24) is 0 Å². The molecule has 0 fully saturated rings. The molecule has 0 aromatic heterocycles. The summed E-state index contributed by atoms with van der Waals surface area (Å²) in [5.74, 6) is -0.598. The standard InChI is InChI=1S/C21H28O5S.K/c1-2-3-4-5-6-7-8-11-17-12-9-13-18(16-17)26-21-19(22)14-10-15-20(21)27(23,24)25;/h9-10,12-16,22H,2-8,11H2,1H3,(H,23,24,25);/q;+1/p-1. The van der Waals surface area contributed by atoms with Crippen molar-refractivity contribution >= 4 is 10.1 Å². The van der Waals surface area contributed by atoms with Crippen LogP contribution in [0.2, 0.25) is 0 Å². The Morgan fingerprint density at radius 2 is 1.61 bits per heavy atom. The molecule has 0 radical (unpaired) electrons. The molecule has 2 rings (SSSR count). The van der Waals surface area contributed by atoms with Gasteiger partial charge < -0.3 is 9.84 Å². The summed E-state index contributed by atoms with van der Waals surface area (Å²) < 4.78 is 37.8. The predicted molar refractivity (Wildman–Crippen MR) is 104 cm³/mol. The summed E-state index contributed by atoms with van der Waals surface area (Å²) >= 11 is 0. The summed E-state index contributed by atoms with van der Waals surface area (Å²) in [7, 11) is -4.54. The van der Waals surface area contributed by atoms with Gasteiger partial charge in [-0.25, -0.2) is 0 Å². The van der Waals surface area contributed by atoms with Gasteiger partial charge in [0, 0.05) is 0 Å². The second kappa shape index (κ2) is 13.0. The first-order valence-electron chi connectivity index (χ1n) is 9.46. The van der Waals surface area contributed by atoms with Gasteiger partial charge >= 0.3 is 51.4 Å². The molecule has 5 nitrogen and oxygen atoms in total. The van der Waals surface area contributed by atoms with E-state index in [1.807, 2.05) is 12.1 Å². The fraction of sp³-hybridized carbons (Fsp3) is 0.429. The van der Waals surface area contributed by atoms with Crippen molar-refractivity contribution in [3.8, 4) is 17.2 Å². The van der Waals surface area contributed by atoms with Crippen LogP contribution >= 0.6 is 0 Å². The largest absolute Gasteiger partial charge is 1.00 e. The third kappa shape index (κ3) is 8.53. The summed E-state index contributed by atoms with van der Waals surface area (Å²) in [4.78, 5) is -0.521. The van der Waals surface area contributed by atoms with Crippen LogP contribution in [0.1, 0.15) is 57.4 Å². The summed E-state index contributed by atoms with van der Waals surface area (Å²) in [6.45, 7) is 2.21. The molecular formula is C21H27KO5S. The van der Waals surface area contributed by atoms with E-state index in [0.29, 0.717) is 5.75 Å². The van der Waals surface area contributed by atoms with Crippen molar-refractivity contribution < 1.29 is 74.2 Å². The van der Waals surface area contributed by atoms with Gasteiger partial charge in [-0.1, -0.05) is 75.5 Å². The van der Waals surface area contributed by atoms with Crippen LogP contribution in [-0.4, -0.2) is 13.0 Å². The number of hydrogen-bond acceptors (Lipinski definition) is 4. The Kier molecular flexibility index (Phi) is 11.9. The van der Waals surface area contributed by atoms with Gasteiger partial charge in [0.1, 0.15) is 16.4 Å². The first kappa shape index (κ1) is 25.6. The molecule has 0 saturated carbocycles.